The summed E-state index contributed by atoms with van der Waals surface area (Å²) in [5, 5.41) is 8.70. The summed E-state index contributed by atoms with van der Waals surface area (Å²) in [5.74, 6) is -0.401. The van der Waals surface area contributed by atoms with Gasteiger partial charge in [0, 0.05) is 13.2 Å². The van der Waals surface area contributed by atoms with E-state index in [1.165, 1.54) is 20.2 Å². The van der Waals surface area contributed by atoms with Crippen molar-refractivity contribution in [2.45, 2.75) is 13.5 Å². The molecule has 1 N–H and O–H groups in total. The number of Topliss-reactive ketones (excluding diaryl/α,β-unsaturated/α-hetero) is 1. The molecule has 1 aromatic heterocycles. The first-order valence-electron chi connectivity index (χ1n) is 4.41. The maximum absolute atomic E-state index is 11.5. The summed E-state index contributed by atoms with van der Waals surface area (Å²) in [6.07, 6.45) is 1.18. The highest BCUT2D eigenvalue weighted by Gasteiger charge is 2.11. The van der Waals surface area contributed by atoms with Gasteiger partial charge < -0.3 is 5.11 Å². The van der Waals surface area contributed by atoms with Crippen molar-refractivity contribution >= 4 is 5.78 Å². The fourth-order valence-electron chi connectivity index (χ4n) is 1.24. The van der Waals surface area contributed by atoms with Crippen LogP contribution in [0.4, 0.5) is 0 Å². The predicted molar refractivity (Wildman–Crippen MR) is 53.0 cm³/mol. The lowest BCUT2D eigenvalue weighted by molar-refractivity contribution is 0.101. The number of carbonyl (C=O) groups excluding carboxylic acids is 1. The third-order valence-corrected chi connectivity index (χ3v) is 2.07. The SMILES string of the molecule is CC(=O)c1cn(CCO)c(=O)n(C)c1=O. The molecule has 1 heterocycles. The number of rotatable bonds is 3. The summed E-state index contributed by atoms with van der Waals surface area (Å²) < 4.78 is 1.99. The van der Waals surface area contributed by atoms with Crippen LogP contribution in [0, 0.1) is 0 Å². The molecule has 0 aromatic carbocycles. The number of hydrogen-bond donors (Lipinski definition) is 1. The van der Waals surface area contributed by atoms with Crippen molar-refractivity contribution in [1.82, 2.24) is 9.13 Å². The molecule has 0 saturated carbocycles. The third kappa shape index (κ3) is 2.04. The fraction of sp³-hybridized carbons (Fsp3) is 0.444. The zero-order valence-electron chi connectivity index (χ0n) is 8.56. The van der Waals surface area contributed by atoms with Gasteiger partial charge in [-0.25, -0.2) is 4.79 Å². The van der Waals surface area contributed by atoms with Gasteiger partial charge in [0.25, 0.3) is 5.56 Å². The Labute approximate surface area is 85.4 Å². The van der Waals surface area contributed by atoms with Gasteiger partial charge in [-0.15, -0.1) is 0 Å². The zero-order chi connectivity index (χ0) is 11.6. The average Bonchev–Trinajstić information content (AvgIpc) is 2.18. The minimum Gasteiger partial charge on any atom is -0.395 e. The molecule has 6 nitrogen and oxygen atoms in total. The largest absolute Gasteiger partial charge is 0.395 e. The molecule has 0 radical (unpaired) electrons. The summed E-state index contributed by atoms with van der Waals surface area (Å²) in [4.78, 5) is 34.0. The molecule has 15 heavy (non-hydrogen) atoms. The Kier molecular flexibility index (Phi) is 3.21. The van der Waals surface area contributed by atoms with Gasteiger partial charge in [-0.1, -0.05) is 0 Å². The Hall–Kier alpha value is -1.69. The third-order valence-electron chi connectivity index (χ3n) is 2.07. The van der Waals surface area contributed by atoms with E-state index in [0.717, 1.165) is 9.13 Å². The van der Waals surface area contributed by atoms with Crippen molar-refractivity contribution in [3.63, 3.8) is 0 Å². The Morgan fingerprint density at radius 1 is 1.47 bits per heavy atom. The molecule has 0 spiro atoms. The first-order chi connectivity index (χ1) is 6.99. The molecular formula is C9H12N2O4. The lowest BCUT2D eigenvalue weighted by Crippen LogP contribution is -2.40. The standard InChI is InChI=1S/C9H12N2O4/c1-6(13)7-5-11(3-4-12)9(15)10(2)8(7)14/h5,12H,3-4H2,1-2H3. The van der Waals surface area contributed by atoms with Crippen molar-refractivity contribution in [3.8, 4) is 0 Å². The molecule has 82 valence electrons. The second-order valence-corrected chi connectivity index (χ2v) is 3.16. The van der Waals surface area contributed by atoms with E-state index in [9.17, 15) is 14.4 Å². The van der Waals surface area contributed by atoms with E-state index < -0.39 is 17.0 Å². The van der Waals surface area contributed by atoms with E-state index >= 15 is 0 Å². The lowest BCUT2D eigenvalue weighted by Gasteiger charge is -2.07. The molecular weight excluding hydrogens is 200 g/mol. The molecule has 0 aliphatic heterocycles. The molecule has 0 bridgehead atoms. The molecule has 0 saturated heterocycles. The van der Waals surface area contributed by atoms with Crippen molar-refractivity contribution in [1.29, 1.82) is 0 Å². The monoisotopic (exact) mass is 212 g/mol. The van der Waals surface area contributed by atoms with Crippen LogP contribution >= 0.6 is 0 Å². The minimum absolute atomic E-state index is 0.0504. The highest BCUT2D eigenvalue weighted by Crippen LogP contribution is 1.90. The Morgan fingerprint density at radius 2 is 2.07 bits per heavy atom. The molecule has 1 aromatic rings. The highest BCUT2D eigenvalue weighted by atomic mass is 16.3. The topological polar surface area (TPSA) is 81.3 Å². The molecule has 1 rings (SSSR count). The Bertz CT molecular complexity index is 498. The summed E-state index contributed by atoms with van der Waals surface area (Å²) in [5.41, 5.74) is -1.20. The predicted octanol–water partition coefficient (Wildman–Crippen LogP) is -1.26. The van der Waals surface area contributed by atoms with Gasteiger partial charge in [-0.05, 0) is 6.92 Å². The smallest absolute Gasteiger partial charge is 0.330 e. The quantitative estimate of drug-likeness (QED) is 0.634. The van der Waals surface area contributed by atoms with E-state index in [2.05, 4.69) is 0 Å². The van der Waals surface area contributed by atoms with Crippen LogP contribution in [0.1, 0.15) is 17.3 Å². The van der Waals surface area contributed by atoms with Crippen molar-refractivity contribution in [2.75, 3.05) is 6.61 Å². The van der Waals surface area contributed by atoms with Gasteiger partial charge >= 0.3 is 5.69 Å². The first-order valence-corrected chi connectivity index (χ1v) is 4.41. The molecule has 0 unspecified atom stereocenters. The van der Waals surface area contributed by atoms with Gasteiger partial charge in [0.05, 0.1) is 18.7 Å². The molecule has 0 fully saturated rings. The number of aromatic nitrogens is 2. The van der Waals surface area contributed by atoms with Crippen molar-refractivity contribution < 1.29 is 9.90 Å². The highest BCUT2D eigenvalue weighted by molar-refractivity contribution is 5.93. The summed E-state index contributed by atoms with van der Waals surface area (Å²) in [6.45, 7) is 1.09. The molecule has 0 amide bonds. The molecule has 0 aliphatic carbocycles. The second kappa shape index (κ2) is 4.22. The molecule has 0 atom stereocenters. The summed E-state index contributed by atoms with van der Waals surface area (Å²) in [6, 6.07) is 0. The minimum atomic E-state index is -0.610. The van der Waals surface area contributed by atoms with Crippen LogP contribution in [0.15, 0.2) is 15.8 Å². The second-order valence-electron chi connectivity index (χ2n) is 3.16. The van der Waals surface area contributed by atoms with E-state index in [4.69, 9.17) is 5.11 Å². The van der Waals surface area contributed by atoms with Crippen LogP contribution in [-0.2, 0) is 13.6 Å². The van der Waals surface area contributed by atoms with Crippen molar-refractivity contribution in [2.24, 2.45) is 7.05 Å². The Morgan fingerprint density at radius 3 is 2.53 bits per heavy atom. The van der Waals surface area contributed by atoms with Crippen LogP contribution in [0.2, 0.25) is 0 Å². The normalized spacial score (nSPS) is 10.3. The van der Waals surface area contributed by atoms with E-state index in [0.29, 0.717) is 0 Å². The van der Waals surface area contributed by atoms with Crippen LogP contribution in [0.5, 0.6) is 0 Å². The Balaban J connectivity index is 3.53. The number of hydrogen-bond acceptors (Lipinski definition) is 4. The fourth-order valence-corrected chi connectivity index (χ4v) is 1.24. The van der Waals surface area contributed by atoms with E-state index in [1.54, 1.807) is 0 Å². The van der Waals surface area contributed by atoms with Gasteiger partial charge in [-0.3, -0.25) is 18.7 Å². The van der Waals surface area contributed by atoms with Gasteiger partial charge in [0.2, 0.25) is 0 Å². The van der Waals surface area contributed by atoms with Crippen LogP contribution in [-0.4, -0.2) is 26.6 Å². The van der Waals surface area contributed by atoms with E-state index in [-0.39, 0.29) is 18.7 Å². The van der Waals surface area contributed by atoms with Gasteiger partial charge in [0.1, 0.15) is 0 Å². The summed E-state index contributed by atoms with van der Waals surface area (Å²) in [7, 11) is 1.30. The number of nitrogens with zero attached hydrogens (tertiary/aromatic N) is 2. The lowest BCUT2D eigenvalue weighted by atomic mass is 10.2. The maximum Gasteiger partial charge on any atom is 0.330 e. The molecule has 6 heteroatoms. The number of carbonyl (C=O) groups is 1. The van der Waals surface area contributed by atoms with Crippen LogP contribution in [0.25, 0.3) is 0 Å². The number of aliphatic hydroxyl groups is 1. The van der Waals surface area contributed by atoms with Gasteiger partial charge in [-0.2, -0.15) is 0 Å². The van der Waals surface area contributed by atoms with Crippen LogP contribution < -0.4 is 11.2 Å². The average molecular weight is 212 g/mol. The first kappa shape index (κ1) is 11.4. The van der Waals surface area contributed by atoms with Gasteiger partial charge in [0.15, 0.2) is 5.78 Å². The maximum atomic E-state index is 11.5. The summed E-state index contributed by atoms with van der Waals surface area (Å²) >= 11 is 0. The van der Waals surface area contributed by atoms with Crippen molar-refractivity contribution in [3.05, 3.63) is 32.6 Å². The molecule has 0 aliphatic rings. The number of aliphatic hydroxyl groups excluding tert-OH is 1. The zero-order valence-corrected chi connectivity index (χ0v) is 8.56. The number of ketones is 1. The van der Waals surface area contributed by atoms with E-state index in [1.807, 2.05) is 0 Å². The van der Waals surface area contributed by atoms with Crippen LogP contribution in [0.3, 0.4) is 0 Å².